The van der Waals surface area contributed by atoms with Gasteiger partial charge in [-0.05, 0) is 20.8 Å². The summed E-state index contributed by atoms with van der Waals surface area (Å²) in [6, 6.07) is 0. The molecule has 0 fully saturated rings. The molecule has 0 aromatic carbocycles. The van der Waals surface area contributed by atoms with Gasteiger partial charge in [0.15, 0.2) is 0 Å². The normalized spacial score (nSPS) is 9.47. The van der Waals surface area contributed by atoms with Crippen LogP contribution in [0.15, 0.2) is 36.5 Å². The number of hydrogen-bond acceptors (Lipinski definition) is 6. The van der Waals surface area contributed by atoms with Crippen LogP contribution in [-0.2, 0) is 27.7 Å². The maximum absolute atomic E-state index is 11.3. The van der Waals surface area contributed by atoms with Crippen molar-refractivity contribution in [3.63, 3.8) is 0 Å². The average Bonchev–Trinajstić information content (AvgIpc) is 2.27. The molecule has 19 heavy (non-hydrogen) atoms. The third kappa shape index (κ3) is 6.37. The van der Waals surface area contributed by atoms with Crippen LogP contribution in [0.2, 0.25) is 0 Å². The van der Waals surface area contributed by atoms with E-state index in [-0.39, 0.29) is 16.7 Å². The van der Waals surface area contributed by atoms with Crippen molar-refractivity contribution in [2.75, 3.05) is 0 Å². The summed E-state index contributed by atoms with van der Waals surface area (Å²) in [6.07, 6.45) is 0. The van der Waals surface area contributed by atoms with E-state index in [1.807, 2.05) is 0 Å². The molecule has 0 saturated carbocycles. The summed E-state index contributed by atoms with van der Waals surface area (Å²) < 4.78 is 14.2. The van der Waals surface area contributed by atoms with E-state index in [0.29, 0.717) is 0 Å². The quantitative estimate of drug-likeness (QED) is 0.540. The Balaban J connectivity index is 4.82. The molecule has 6 nitrogen and oxygen atoms in total. The van der Waals surface area contributed by atoms with E-state index in [0.717, 1.165) is 0 Å². The topological polar surface area (TPSA) is 78.9 Å². The molecule has 0 saturated heterocycles. The lowest BCUT2D eigenvalue weighted by Crippen LogP contribution is -2.35. The van der Waals surface area contributed by atoms with Crippen LogP contribution in [-0.4, -0.2) is 27.4 Å². The van der Waals surface area contributed by atoms with Crippen LogP contribution in [0.4, 0.5) is 0 Å². The molecule has 0 aliphatic heterocycles. The van der Waals surface area contributed by atoms with Gasteiger partial charge in [-0.2, -0.15) is 0 Å². The van der Waals surface area contributed by atoms with Crippen molar-refractivity contribution in [1.29, 1.82) is 0 Å². The molecule has 0 spiro atoms. The molecule has 103 valence electrons. The van der Waals surface area contributed by atoms with Crippen LogP contribution in [0.3, 0.4) is 0 Å². The Bertz CT molecular complexity index is 385. The van der Waals surface area contributed by atoms with Crippen molar-refractivity contribution in [3.8, 4) is 0 Å². The zero-order valence-corrected chi connectivity index (χ0v) is 12.1. The summed E-state index contributed by atoms with van der Waals surface area (Å²) in [5, 5.41) is 0. The zero-order chi connectivity index (χ0) is 15.2. The second kappa shape index (κ2) is 7.32. The van der Waals surface area contributed by atoms with Gasteiger partial charge in [0.1, 0.15) is 0 Å². The van der Waals surface area contributed by atoms with Crippen molar-refractivity contribution in [2.24, 2.45) is 0 Å². The summed E-state index contributed by atoms with van der Waals surface area (Å²) in [4.78, 5) is 34.0. The van der Waals surface area contributed by atoms with Crippen LogP contribution in [0, 0.1) is 0 Å². The first-order chi connectivity index (χ1) is 8.65. The molecule has 0 aliphatic rings. The van der Waals surface area contributed by atoms with Crippen LogP contribution < -0.4 is 0 Å². The molecule has 0 amide bonds. The number of carbonyl (C=O) groups is 3. The largest absolute Gasteiger partial charge is 0.824 e. The van der Waals surface area contributed by atoms with Crippen molar-refractivity contribution < 1.29 is 27.7 Å². The van der Waals surface area contributed by atoms with E-state index in [9.17, 15) is 14.4 Å². The van der Waals surface area contributed by atoms with Crippen LogP contribution >= 0.6 is 0 Å². The molecule has 0 rings (SSSR count). The molecule has 0 atom stereocenters. The van der Waals surface area contributed by atoms with Gasteiger partial charge in [0, 0.05) is 16.7 Å². The van der Waals surface area contributed by atoms with Crippen molar-refractivity contribution in [1.82, 2.24) is 0 Å². The van der Waals surface area contributed by atoms with E-state index in [4.69, 9.17) is 13.3 Å². The van der Waals surface area contributed by atoms with Gasteiger partial charge >= 0.3 is 27.4 Å². The fraction of sp³-hybridized carbons (Fsp3) is 0.250. The summed E-state index contributed by atoms with van der Waals surface area (Å²) in [5.74, 6) is -2.46. The van der Waals surface area contributed by atoms with Gasteiger partial charge in [0.05, 0.1) is 0 Å². The van der Waals surface area contributed by atoms with Gasteiger partial charge in [0.25, 0.3) is 0 Å². The molecular formula is C12H15O6Si. The molecular weight excluding hydrogens is 268 g/mol. The van der Waals surface area contributed by atoms with Crippen LogP contribution in [0.5, 0.6) is 0 Å². The van der Waals surface area contributed by atoms with E-state index in [1.165, 1.54) is 20.8 Å². The van der Waals surface area contributed by atoms with Crippen molar-refractivity contribution >= 4 is 27.4 Å². The fourth-order valence-corrected chi connectivity index (χ4v) is 1.65. The molecule has 7 heteroatoms. The van der Waals surface area contributed by atoms with Gasteiger partial charge in [-0.25, -0.2) is 14.4 Å². The highest BCUT2D eigenvalue weighted by Crippen LogP contribution is 2.05. The Hall–Kier alpha value is -2.15. The van der Waals surface area contributed by atoms with E-state index in [1.54, 1.807) is 0 Å². The first-order valence-electron chi connectivity index (χ1n) is 5.15. The van der Waals surface area contributed by atoms with Gasteiger partial charge < -0.3 is 13.3 Å². The Morgan fingerprint density at radius 2 is 0.895 bits per heavy atom. The molecule has 0 unspecified atom stereocenters. The predicted molar refractivity (Wildman–Crippen MR) is 68.5 cm³/mol. The van der Waals surface area contributed by atoms with Crippen LogP contribution in [0.1, 0.15) is 20.8 Å². The second-order valence-corrected chi connectivity index (χ2v) is 4.87. The lowest BCUT2D eigenvalue weighted by Gasteiger charge is -2.13. The molecule has 0 aromatic rings. The minimum Gasteiger partial charge on any atom is -0.448 e. The maximum Gasteiger partial charge on any atom is 0.824 e. The monoisotopic (exact) mass is 283 g/mol. The third-order valence-corrected chi connectivity index (χ3v) is 2.63. The third-order valence-electron chi connectivity index (χ3n) is 1.57. The zero-order valence-electron chi connectivity index (χ0n) is 11.1. The van der Waals surface area contributed by atoms with Gasteiger partial charge in [0.2, 0.25) is 0 Å². The van der Waals surface area contributed by atoms with Gasteiger partial charge in [-0.3, -0.25) is 0 Å². The average molecular weight is 283 g/mol. The molecule has 0 aromatic heterocycles. The van der Waals surface area contributed by atoms with Crippen molar-refractivity contribution in [3.05, 3.63) is 36.5 Å². The summed E-state index contributed by atoms with van der Waals surface area (Å²) in [5.41, 5.74) is 0.251. The molecule has 0 aliphatic carbocycles. The molecule has 0 heterocycles. The Labute approximate surface area is 113 Å². The first-order valence-corrected chi connectivity index (χ1v) is 6.37. The lowest BCUT2D eigenvalue weighted by atomic mass is 10.4. The van der Waals surface area contributed by atoms with Gasteiger partial charge in [-0.15, -0.1) is 0 Å². The molecule has 0 N–H and O–H groups in total. The molecule has 1 radical (unpaired) electrons. The number of rotatable bonds is 6. The fourth-order valence-electron chi connectivity index (χ4n) is 0.551. The second-order valence-electron chi connectivity index (χ2n) is 3.76. The Morgan fingerprint density at radius 1 is 0.684 bits per heavy atom. The van der Waals surface area contributed by atoms with E-state index < -0.39 is 27.4 Å². The maximum atomic E-state index is 11.3. The Morgan fingerprint density at radius 3 is 1.05 bits per heavy atom. The van der Waals surface area contributed by atoms with E-state index in [2.05, 4.69) is 19.7 Å². The standard InChI is InChI=1S/C12H15O6Si/c1-7(2)10(13)16-19(17-11(14)8(3)4)18-12(15)9(5)6/h1,3,5H2,2,4,6H3. The summed E-state index contributed by atoms with van der Waals surface area (Å²) in [6.45, 7) is 14.3. The van der Waals surface area contributed by atoms with E-state index >= 15 is 0 Å². The minimum absolute atomic E-state index is 0.0836. The Kier molecular flexibility index (Phi) is 6.49. The predicted octanol–water partition coefficient (Wildman–Crippen LogP) is 1.33. The first kappa shape index (κ1) is 16.8. The highest BCUT2D eigenvalue weighted by molar-refractivity contribution is 6.45. The van der Waals surface area contributed by atoms with Gasteiger partial charge in [-0.1, -0.05) is 19.7 Å². The SMILES string of the molecule is C=C(C)C(=O)O[Si](OC(=O)C(=C)C)OC(=O)C(=C)C. The van der Waals surface area contributed by atoms with Crippen molar-refractivity contribution in [2.45, 2.75) is 20.8 Å². The minimum atomic E-state index is -2.91. The molecule has 0 bridgehead atoms. The summed E-state index contributed by atoms with van der Waals surface area (Å²) >= 11 is 0. The number of hydrogen-bond donors (Lipinski definition) is 0. The van der Waals surface area contributed by atoms with Crippen LogP contribution in [0.25, 0.3) is 0 Å². The highest BCUT2D eigenvalue weighted by Gasteiger charge is 2.35. The highest BCUT2D eigenvalue weighted by atomic mass is 28.3. The number of carbonyl (C=O) groups excluding carboxylic acids is 3. The smallest absolute Gasteiger partial charge is 0.448 e. The lowest BCUT2D eigenvalue weighted by molar-refractivity contribution is -0.143. The summed E-state index contributed by atoms with van der Waals surface area (Å²) in [7, 11) is -2.91.